The summed E-state index contributed by atoms with van der Waals surface area (Å²) in [6, 6.07) is 7.56. The highest BCUT2D eigenvalue weighted by Gasteiger charge is 2.29. The van der Waals surface area contributed by atoms with Crippen molar-refractivity contribution < 1.29 is 17.9 Å². The SMILES string of the molecule is CCc1cnn(-c2ccc(OC[C@H]3COCC[C@@H]3NS(=O)(=O)CC)cc2)c1. The minimum atomic E-state index is -3.24. The van der Waals surface area contributed by atoms with E-state index in [0.29, 0.717) is 26.2 Å². The van der Waals surface area contributed by atoms with Crippen molar-refractivity contribution in [3.8, 4) is 11.4 Å². The van der Waals surface area contributed by atoms with Crippen molar-refractivity contribution in [2.45, 2.75) is 32.7 Å². The van der Waals surface area contributed by atoms with Crippen molar-refractivity contribution in [2.24, 2.45) is 5.92 Å². The maximum atomic E-state index is 11.9. The van der Waals surface area contributed by atoms with Crippen LogP contribution in [0.2, 0.25) is 0 Å². The second kappa shape index (κ2) is 8.86. The molecule has 1 aromatic heterocycles. The average molecular weight is 394 g/mol. The molecule has 0 spiro atoms. The smallest absolute Gasteiger partial charge is 0.211 e. The van der Waals surface area contributed by atoms with Gasteiger partial charge in [0, 0.05) is 24.8 Å². The molecule has 1 aliphatic heterocycles. The van der Waals surface area contributed by atoms with Crippen molar-refractivity contribution in [2.75, 3.05) is 25.6 Å². The quantitative estimate of drug-likeness (QED) is 0.743. The molecule has 0 aliphatic carbocycles. The van der Waals surface area contributed by atoms with E-state index in [2.05, 4.69) is 16.7 Å². The molecule has 8 heteroatoms. The molecule has 0 radical (unpaired) electrons. The van der Waals surface area contributed by atoms with E-state index in [1.54, 1.807) is 6.92 Å². The van der Waals surface area contributed by atoms with Crippen LogP contribution in [-0.2, 0) is 21.2 Å². The van der Waals surface area contributed by atoms with Crippen LogP contribution in [0.4, 0.5) is 0 Å². The van der Waals surface area contributed by atoms with E-state index in [1.807, 2.05) is 41.3 Å². The lowest BCUT2D eigenvalue weighted by atomic mass is 9.98. The Morgan fingerprint density at radius 2 is 2.07 bits per heavy atom. The first-order valence-corrected chi connectivity index (χ1v) is 11.0. The number of hydrogen-bond donors (Lipinski definition) is 1. The van der Waals surface area contributed by atoms with Gasteiger partial charge < -0.3 is 9.47 Å². The Kier molecular flexibility index (Phi) is 6.51. The molecule has 1 N–H and O–H groups in total. The number of nitrogens with zero attached hydrogens (tertiary/aromatic N) is 2. The Morgan fingerprint density at radius 3 is 2.74 bits per heavy atom. The molecular formula is C19H27N3O4S. The molecule has 148 valence electrons. The molecule has 1 fully saturated rings. The highest BCUT2D eigenvalue weighted by atomic mass is 32.2. The van der Waals surface area contributed by atoms with Crippen LogP contribution in [0.1, 0.15) is 25.8 Å². The zero-order valence-electron chi connectivity index (χ0n) is 15.8. The first-order chi connectivity index (χ1) is 13.0. The van der Waals surface area contributed by atoms with Gasteiger partial charge in [-0.25, -0.2) is 17.8 Å². The summed E-state index contributed by atoms with van der Waals surface area (Å²) < 4.78 is 39.8. The van der Waals surface area contributed by atoms with Gasteiger partial charge in [-0.15, -0.1) is 0 Å². The molecule has 1 saturated heterocycles. The highest BCUT2D eigenvalue weighted by molar-refractivity contribution is 7.89. The van der Waals surface area contributed by atoms with E-state index in [-0.39, 0.29) is 17.7 Å². The minimum Gasteiger partial charge on any atom is -0.493 e. The number of aromatic nitrogens is 2. The average Bonchev–Trinajstić information content (AvgIpc) is 3.17. The number of ether oxygens (including phenoxy) is 2. The fraction of sp³-hybridized carbons (Fsp3) is 0.526. The molecule has 0 saturated carbocycles. The van der Waals surface area contributed by atoms with Crippen LogP contribution in [0.3, 0.4) is 0 Å². The van der Waals surface area contributed by atoms with E-state index >= 15 is 0 Å². The molecule has 0 bridgehead atoms. The van der Waals surface area contributed by atoms with Gasteiger partial charge in [0.1, 0.15) is 5.75 Å². The molecule has 1 aliphatic rings. The van der Waals surface area contributed by atoms with Crippen molar-refractivity contribution in [3.63, 3.8) is 0 Å². The van der Waals surface area contributed by atoms with E-state index in [0.717, 1.165) is 17.9 Å². The van der Waals surface area contributed by atoms with E-state index < -0.39 is 10.0 Å². The minimum absolute atomic E-state index is 0.0158. The van der Waals surface area contributed by atoms with E-state index in [4.69, 9.17) is 9.47 Å². The molecule has 3 rings (SSSR count). The number of hydrogen-bond acceptors (Lipinski definition) is 5. The van der Waals surface area contributed by atoms with Crippen molar-refractivity contribution in [1.29, 1.82) is 0 Å². The number of sulfonamides is 1. The number of rotatable bonds is 8. The molecule has 7 nitrogen and oxygen atoms in total. The van der Waals surface area contributed by atoms with Crippen molar-refractivity contribution in [3.05, 3.63) is 42.2 Å². The fourth-order valence-corrected chi connectivity index (χ4v) is 3.95. The van der Waals surface area contributed by atoms with Gasteiger partial charge in [0.25, 0.3) is 0 Å². The lowest BCUT2D eigenvalue weighted by Crippen LogP contribution is -2.47. The van der Waals surface area contributed by atoms with Crippen LogP contribution in [0, 0.1) is 5.92 Å². The molecular weight excluding hydrogens is 366 g/mol. The number of nitrogens with one attached hydrogen (secondary N) is 1. The van der Waals surface area contributed by atoms with Crippen molar-refractivity contribution in [1.82, 2.24) is 14.5 Å². The third-order valence-electron chi connectivity index (χ3n) is 4.79. The lowest BCUT2D eigenvalue weighted by Gasteiger charge is -2.31. The van der Waals surface area contributed by atoms with Gasteiger partial charge in [0.05, 0.1) is 30.9 Å². The van der Waals surface area contributed by atoms with Gasteiger partial charge in [0.2, 0.25) is 10.0 Å². The molecule has 2 aromatic rings. The Morgan fingerprint density at radius 1 is 1.30 bits per heavy atom. The zero-order valence-corrected chi connectivity index (χ0v) is 16.6. The van der Waals surface area contributed by atoms with Gasteiger partial charge in [-0.05, 0) is 49.6 Å². The molecule has 2 atom stereocenters. The first-order valence-electron chi connectivity index (χ1n) is 9.35. The van der Waals surface area contributed by atoms with Gasteiger partial charge in [0.15, 0.2) is 0 Å². The molecule has 27 heavy (non-hydrogen) atoms. The van der Waals surface area contributed by atoms with Gasteiger partial charge in [-0.3, -0.25) is 0 Å². The summed E-state index contributed by atoms with van der Waals surface area (Å²) in [7, 11) is -3.24. The third kappa shape index (κ3) is 5.31. The standard InChI is InChI=1S/C19H27N3O4S/c1-3-15-11-20-22(12-15)17-5-7-18(8-6-17)26-14-16-13-25-10-9-19(16)21-27(23,24)4-2/h5-8,11-12,16,19,21H,3-4,9-10,13-14H2,1-2H3/t16-,19+/m1/s1. The van der Waals surface area contributed by atoms with Gasteiger partial charge in [-0.1, -0.05) is 6.92 Å². The molecule has 1 aromatic carbocycles. The summed E-state index contributed by atoms with van der Waals surface area (Å²) in [6.07, 6.45) is 5.49. The Labute approximate surface area is 160 Å². The summed E-state index contributed by atoms with van der Waals surface area (Å²) in [5, 5.41) is 4.35. The Balaban J connectivity index is 1.59. The summed E-state index contributed by atoms with van der Waals surface area (Å²) >= 11 is 0. The highest BCUT2D eigenvalue weighted by Crippen LogP contribution is 2.20. The third-order valence-corrected chi connectivity index (χ3v) is 6.22. The van der Waals surface area contributed by atoms with Crippen LogP contribution < -0.4 is 9.46 Å². The predicted octanol–water partition coefficient (Wildman–Crippen LogP) is 2.16. The lowest BCUT2D eigenvalue weighted by molar-refractivity contribution is 0.0186. The van der Waals surface area contributed by atoms with Crippen LogP contribution in [0.15, 0.2) is 36.7 Å². The number of aryl methyl sites for hydroxylation is 1. The Hall–Kier alpha value is -1.90. The van der Waals surface area contributed by atoms with Crippen molar-refractivity contribution >= 4 is 10.0 Å². The van der Waals surface area contributed by atoms with E-state index in [9.17, 15) is 8.42 Å². The van der Waals surface area contributed by atoms with Crippen LogP contribution in [0.5, 0.6) is 5.75 Å². The fourth-order valence-electron chi connectivity index (χ4n) is 3.01. The van der Waals surface area contributed by atoms with Crippen LogP contribution >= 0.6 is 0 Å². The summed E-state index contributed by atoms with van der Waals surface area (Å²) in [5.41, 5.74) is 2.16. The first kappa shape index (κ1) is 19.9. The monoisotopic (exact) mass is 393 g/mol. The van der Waals surface area contributed by atoms with Crippen LogP contribution in [-0.4, -0.2) is 49.8 Å². The van der Waals surface area contributed by atoms with Gasteiger partial charge in [-0.2, -0.15) is 5.10 Å². The zero-order chi connectivity index (χ0) is 19.3. The predicted molar refractivity (Wildman–Crippen MR) is 104 cm³/mol. The second-order valence-corrected chi connectivity index (χ2v) is 8.75. The number of benzene rings is 1. The van der Waals surface area contributed by atoms with Gasteiger partial charge >= 0.3 is 0 Å². The summed E-state index contributed by atoms with van der Waals surface area (Å²) in [5.74, 6) is 0.800. The Bertz CT molecular complexity index is 833. The molecule has 0 unspecified atom stereocenters. The maximum Gasteiger partial charge on any atom is 0.211 e. The maximum absolute atomic E-state index is 11.9. The normalized spacial score (nSPS) is 20.5. The largest absolute Gasteiger partial charge is 0.493 e. The topological polar surface area (TPSA) is 82.4 Å². The van der Waals surface area contributed by atoms with Crippen LogP contribution in [0.25, 0.3) is 5.69 Å². The molecule has 2 heterocycles. The summed E-state index contributed by atoms with van der Waals surface area (Å²) in [6.45, 7) is 5.19. The van der Waals surface area contributed by atoms with E-state index in [1.165, 1.54) is 5.56 Å². The summed E-state index contributed by atoms with van der Waals surface area (Å²) in [4.78, 5) is 0. The molecule has 0 amide bonds. The second-order valence-electron chi connectivity index (χ2n) is 6.70.